The van der Waals surface area contributed by atoms with Gasteiger partial charge in [-0.2, -0.15) is 4.31 Å². The molecule has 0 saturated heterocycles. The zero-order chi connectivity index (χ0) is 18.2. The minimum Gasteiger partial charge on any atom is -0.485 e. The van der Waals surface area contributed by atoms with Gasteiger partial charge in [-0.05, 0) is 32.9 Å². The van der Waals surface area contributed by atoms with Crippen molar-refractivity contribution in [3.63, 3.8) is 0 Å². The van der Waals surface area contributed by atoms with Gasteiger partial charge in [-0.15, -0.1) is 0 Å². The normalized spacial score (nSPS) is 17.5. The Morgan fingerprint density at radius 2 is 2.04 bits per heavy atom. The maximum atomic E-state index is 12.9. The van der Waals surface area contributed by atoms with Crippen molar-refractivity contribution in [3.05, 3.63) is 35.7 Å². The molecule has 1 atom stereocenters. The lowest BCUT2D eigenvalue weighted by molar-refractivity contribution is 0.171. The second-order valence-electron chi connectivity index (χ2n) is 6.19. The molecule has 2 aromatic rings. The number of sulfonamides is 1. The van der Waals surface area contributed by atoms with Crippen molar-refractivity contribution < 1.29 is 17.7 Å². The van der Waals surface area contributed by atoms with Crippen molar-refractivity contribution in [2.45, 2.75) is 31.8 Å². The summed E-state index contributed by atoms with van der Waals surface area (Å²) in [5, 5.41) is 3.75. The first-order valence-electron chi connectivity index (χ1n) is 8.24. The number of hydrogen-bond acceptors (Lipinski definition) is 6. The number of aromatic nitrogens is 1. The minimum absolute atomic E-state index is 0.138. The molecule has 1 aromatic carbocycles. The molecule has 25 heavy (non-hydrogen) atoms. The summed E-state index contributed by atoms with van der Waals surface area (Å²) in [6.07, 6.45) is -0.255. The molecule has 0 bridgehead atoms. The van der Waals surface area contributed by atoms with Crippen LogP contribution in [-0.4, -0.2) is 50.7 Å². The van der Waals surface area contributed by atoms with Crippen molar-refractivity contribution in [2.24, 2.45) is 0 Å². The van der Waals surface area contributed by atoms with Crippen LogP contribution in [0.4, 0.5) is 5.69 Å². The van der Waals surface area contributed by atoms with E-state index >= 15 is 0 Å². The van der Waals surface area contributed by atoms with Gasteiger partial charge in [-0.1, -0.05) is 17.3 Å². The fraction of sp³-hybridized carbons (Fsp3) is 0.471. The Balaban J connectivity index is 1.81. The Morgan fingerprint density at radius 3 is 2.68 bits per heavy atom. The summed E-state index contributed by atoms with van der Waals surface area (Å²) in [5.74, 6) is 1.08. The van der Waals surface area contributed by atoms with Crippen LogP contribution in [0.25, 0.3) is 0 Å². The van der Waals surface area contributed by atoms with Crippen molar-refractivity contribution in [3.8, 4) is 5.75 Å². The number of benzene rings is 1. The number of fused-ring (bicyclic) bond motifs is 1. The molecule has 0 fully saturated rings. The van der Waals surface area contributed by atoms with Gasteiger partial charge in [-0.25, -0.2) is 8.42 Å². The number of para-hydroxylation sites is 2. The van der Waals surface area contributed by atoms with E-state index in [9.17, 15) is 8.42 Å². The zero-order valence-electron chi connectivity index (χ0n) is 14.9. The van der Waals surface area contributed by atoms with Crippen LogP contribution in [0.15, 0.2) is 33.7 Å². The first-order chi connectivity index (χ1) is 11.8. The summed E-state index contributed by atoms with van der Waals surface area (Å²) in [5.41, 5.74) is 1.41. The highest BCUT2D eigenvalue weighted by Crippen LogP contribution is 2.33. The highest BCUT2D eigenvalue weighted by molar-refractivity contribution is 7.89. The van der Waals surface area contributed by atoms with Crippen LogP contribution < -0.4 is 9.64 Å². The maximum Gasteiger partial charge on any atom is 0.248 e. The molecular weight excluding hydrogens is 342 g/mol. The standard InChI is InChI=1S/C17H23N3O4S/c1-5-20-11-14(23-16-9-7-6-8-15(16)20)10-19(4)25(21,22)17-12(2)18-24-13(17)3/h6-9,14H,5,10-11H2,1-4H3. The van der Waals surface area contributed by atoms with Crippen molar-refractivity contribution in [1.29, 1.82) is 0 Å². The van der Waals surface area contributed by atoms with Crippen LogP contribution in [0.1, 0.15) is 18.4 Å². The third-order valence-electron chi connectivity index (χ3n) is 4.40. The zero-order valence-corrected chi connectivity index (χ0v) is 15.7. The fourth-order valence-corrected chi connectivity index (χ4v) is 4.64. The van der Waals surface area contributed by atoms with Crippen LogP contribution in [0.5, 0.6) is 5.75 Å². The number of likely N-dealkylation sites (N-methyl/N-ethyl adjacent to an activating group) is 2. The molecule has 0 N–H and O–H groups in total. The Morgan fingerprint density at radius 1 is 1.32 bits per heavy atom. The lowest BCUT2D eigenvalue weighted by Crippen LogP contribution is -2.46. The Kier molecular flexibility index (Phi) is 4.75. The van der Waals surface area contributed by atoms with Crippen LogP contribution in [0.2, 0.25) is 0 Å². The lowest BCUT2D eigenvalue weighted by Gasteiger charge is -2.36. The molecule has 0 aliphatic carbocycles. The smallest absolute Gasteiger partial charge is 0.248 e. The molecular formula is C17H23N3O4S. The molecule has 1 aliphatic rings. The monoisotopic (exact) mass is 365 g/mol. The Bertz CT molecular complexity index is 843. The van der Waals surface area contributed by atoms with Gasteiger partial charge in [0, 0.05) is 13.6 Å². The molecule has 2 heterocycles. The number of hydrogen-bond donors (Lipinski definition) is 0. The number of nitrogens with zero attached hydrogens (tertiary/aromatic N) is 3. The molecule has 0 radical (unpaired) electrons. The lowest BCUT2D eigenvalue weighted by atomic mass is 10.2. The van der Waals surface area contributed by atoms with Gasteiger partial charge in [0.15, 0.2) is 5.76 Å². The third kappa shape index (κ3) is 3.23. The maximum absolute atomic E-state index is 12.9. The molecule has 3 rings (SSSR count). The molecule has 1 aliphatic heterocycles. The van der Waals surface area contributed by atoms with Crippen molar-refractivity contribution in [2.75, 3.05) is 31.6 Å². The topological polar surface area (TPSA) is 75.9 Å². The molecule has 1 aromatic heterocycles. The van der Waals surface area contributed by atoms with Crippen LogP contribution >= 0.6 is 0 Å². The second kappa shape index (κ2) is 6.68. The molecule has 0 spiro atoms. The van der Waals surface area contributed by atoms with Crippen molar-refractivity contribution in [1.82, 2.24) is 9.46 Å². The van der Waals surface area contributed by atoms with Gasteiger partial charge < -0.3 is 14.2 Å². The second-order valence-corrected chi connectivity index (χ2v) is 8.17. The molecule has 0 amide bonds. The predicted molar refractivity (Wildman–Crippen MR) is 94.5 cm³/mol. The summed E-state index contributed by atoms with van der Waals surface area (Å²) in [6, 6.07) is 7.81. The van der Waals surface area contributed by atoms with Gasteiger partial charge >= 0.3 is 0 Å². The summed E-state index contributed by atoms with van der Waals surface area (Å²) in [6.45, 7) is 7.02. The van der Waals surface area contributed by atoms with Crippen LogP contribution in [-0.2, 0) is 10.0 Å². The average molecular weight is 365 g/mol. The van der Waals surface area contributed by atoms with E-state index in [4.69, 9.17) is 9.26 Å². The number of aryl methyl sites for hydroxylation is 2. The SMILES string of the molecule is CCN1CC(CN(C)S(=O)(=O)c2c(C)noc2C)Oc2ccccc21. The van der Waals surface area contributed by atoms with Gasteiger partial charge in [-0.3, -0.25) is 0 Å². The third-order valence-corrected chi connectivity index (χ3v) is 6.47. The van der Waals surface area contributed by atoms with Crippen LogP contribution in [0, 0.1) is 13.8 Å². The Hall–Kier alpha value is -2.06. The van der Waals surface area contributed by atoms with Gasteiger partial charge in [0.2, 0.25) is 10.0 Å². The molecule has 8 heteroatoms. The summed E-state index contributed by atoms with van der Waals surface area (Å²) in [4.78, 5) is 2.33. The fourth-order valence-electron chi connectivity index (χ4n) is 3.16. The van der Waals surface area contributed by atoms with Gasteiger partial charge in [0.25, 0.3) is 0 Å². The van der Waals surface area contributed by atoms with E-state index in [1.165, 1.54) is 4.31 Å². The van der Waals surface area contributed by atoms with Crippen molar-refractivity contribution >= 4 is 15.7 Å². The van der Waals surface area contributed by atoms with E-state index in [0.29, 0.717) is 18.0 Å². The summed E-state index contributed by atoms with van der Waals surface area (Å²) in [7, 11) is -2.12. The number of anilines is 1. The van der Waals surface area contributed by atoms with E-state index in [0.717, 1.165) is 18.0 Å². The minimum atomic E-state index is -3.68. The van der Waals surface area contributed by atoms with E-state index < -0.39 is 10.0 Å². The largest absolute Gasteiger partial charge is 0.485 e. The van der Waals surface area contributed by atoms with E-state index in [1.54, 1.807) is 20.9 Å². The predicted octanol–water partition coefficient (Wildman–Crippen LogP) is 2.20. The highest BCUT2D eigenvalue weighted by atomic mass is 32.2. The molecule has 1 unspecified atom stereocenters. The van der Waals surface area contributed by atoms with E-state index in [-0.39, 0.29) is 17.5 Å². The molecule has 0 saturated carbocycles. The number of ether oxygens (including phenoxy) is 1. The molecule has 7 nitrogen and oxygen atoms in total. The van der Waals surface area contributed by atoms with Crippen LogP contribution in [0.3, 0.4) is 0 Å². The summed E-state index contributed by atoms with van der Waals surface area (Å²) >= 11 is 0. The quantitative estimate of drug-likeness (QED) is 0.809. The van der Waals surface area contributed by atoms with Gasteiger partial charge in [0.1, 0.15) is 22.4 Å². The van der Waals surface area contributed by atoms with Gasteiger partial charge in [0.05, 0.1) is 18.8 Å². The van der Waals surface area contributed by atoms with E-state index in [2.05, 4.69) is 17.0 Å². The first-order valence-corrected chi connectivity index (χ1v) is 9.68. The average Bonchev–Trinajstić information content (AvgIpc) is 2.93. The number of rotatable bonds is 5. The Labute approximate surface area is 148 Å². The molecule has 136 valence electrons. The highest BCUT2D eigenvalue weighted by Gasteiger charge is 2.32. The first kappa shape index (κ1) is 17.8. The van der Waals surface area contributed by atoms with E-state index in [1.807, 2.05) is 24.3 Å². The summed E-state index contributed by atoms with van der Waals surface area (Å²) < 4.78 is 38.1.